The van der Waals surface area contributed by atoms with Crippen molar-refractivity contribution in [1.29, 1.82) is 0 Å². The fourth-order valence-corrected chi connectivity index (χ4v) is 1.75. The average molecular weight is 249 g/mol. The van der Waals surface area contributed by atoms with Crippen LogP contribution >= 0.6 is 0 Å². The summed E-state index contributed by atoms with van der Waals surface area (Å²) in [5.41, 5.74) is 1.58. The zero-order valence-electron chi connectivity index (χ0n) is 10.9. The highest BCUT2D eigenvalue weighted by molar-refractivity contribution is 6.11. The molecule has 1 rings (SSSR count). The quantitative estimate of drug-likeness (QED) is 0.598. The maximum Gasteiger partial charge on any atom is 0.328 e. The Balaban J connectivity index is 2.91. The standard InChI is InChI=1S/C14H19NO3/c1-4-9(2)10-5-7-11(8-6-10)13(16)12(15-3)14(17)18/h5-9,12,15H,4H2,1-3H3,(H,17,18). The topological polar surface area (TPSA) is 66.4 Å². The number of ketones is 1. The predicted octanol–water partition coefficient (Wildman–Crippen LogP) is 2.06. The molecule has 0 aromatic heterocycles. The number of hydrogen-bond donors (Lipinski definition) is 2. The molecule has 2 N–H and O–H groups in total. The number of likely N-dealkylation sites (N-methyl/N-ethyl adjacent to an activating group) is 1. The third-order valence-corrected chi connectivity index (χ3v) is 3.17. The van der Waals surface area contributed by atoms with Crippen molar-refractivity contribution in [2.45, 2.75) is 32.2 Å². The Morgan fingerprint density at radius 3 is 2.22 bits per heavy atom. The molecule has 4 nitrogen and oxygen atoms in total. The van der Waals surface area contributed by atoms with Crippen LogP contribution in [-0.2, 0) is 4.79 Å². The zero-order valence-corrected chi connectivity index (χ0v) is 10.9. The smallest absolute Gasteiger partial charge is 0.328 e. The van der Waals surface area contributed by atoms with Gasteiger partial charge in [0.15, 0.2) is 11.8 Å². The fourth-order valence-electron chi connectivity index (χ4n) is 1.75. The molecule has 0 aliphatic rings. The van der Waals surface area contributed by atoms with Crippen LogP contribution in [0.25, 0.3) is 0 Å². The van der Waals surface area contributed by atoms with Crippen molar-refractivity contribution in [3.63, 3.8) is 0 Å². The Hall–Kier alpha value is -1.68. The molecule has 0 fully saturated rings. The minimum atomic E-state index is -1.18. The van der Waals surface area contributed by atoms with Crippen LogP contribution < -0.4 is 5.32 Å². The first-order valence-electron chi connectivity index (χ1n) is 6.05. The Labute approximate surface area is 107 Å². The minimum absolute atomic E-state index is 0.416. The maximum atomic E-state index is 11.9. The Morgan fingerprint density at radius 1 is 1.28 bits per heavy atom. The molecule has 4 heteroatoms. The number of nitrogens with one attached hydrogen (secondary N) is 1. The van der Waals surface area contributed by atoms with Gasteiger partial charge >= 0.3 is 5.97 Å². The molecule has 0 heterocycles. The van der Waals surface area contributed by atoms with Gasteiger partial charge in [0, 0.05) is 5.56 Å². The largest absolute Gasteiger partial charge is 0.480 e. The van der Waals surface area contributed by atoms with Crippen LogP contribution in [0.2, 0.25) is 0 Å². The van der Waals surface area contributed by atoms with E-state index in [1.807, 2.05) is 12.1 Å². The van der Waals surface area contributed by atoms with Crippen LogP contribution in [0, 0.1) is 0 Å². The molecule has 0 aliphatic carbocycles. The summed E-state index contributed by atoms with van der Waals surface area (Å²) >= 11 is 0. The Kier molecular flexibility index (Phi) is 5.04. The van der Waals surface area contributed by atoms with E-state index in [1.165, 1.54) is 7.05 Å². The molecule has 0 spiro atoms. The van der Waals surface area contributed by atoms with Gasteiger partial charge in [0.05, 0.1) is 0 Å². The van der Waals surface area contributed by atoms with Gasteiger partial charge in [-0.2, -0.15) is 0 Å². The van der Waals surface area contributed by atoms with Gasteiger partial charge in [-0.05, 0) is 24.9 Å². The molecule has 0 amide bonds. The molecule has 0 radical (unpaired) electrons. The van der Waals surface area contributed by atoms with Crippen LogP contribution in [0.15, 0.2) is 24.3 Å². The van der Waals surface area contributed by atoms with E-state index in [1.54, 1.807) is 12.1 Å². The normalized spacial score (nSPS) is 13.9. The third-order valence-electron chi connectivity index (χ3n) is 3.17. The number of rotatable bonds is 6. The van der Waals surface area contributed by atoms with E-state index in [2.05, 4.69) is 19.2 Å². The molecule has 0 saturated carbocycles. The highest BCUT2D eigenvalue weighted by Crippen LogP contribution is 2.19. The third kappa shape index (κ3) is 3.17. The summed E-state index contributed by atoms with van der Waals surface area (Å²) in [4.78, 5) is 22.8. The molecule has 0 aliphatic heterocycles. The number of hydrogen-bond acceptors (Lipinski definition) is 3. The number of carboxylic acid groups (broad SMARTS) is 1. The lowest BCUT2D eigenvalue weighted by Crippen LogP contribution is -2.41. The first-order valence-corrected chi connectivity index (χ1v) is 6.05. The van der Waals surface area contributed by atoms with Gasteiger partial charge in [0.25, 0.3) is 0 Å². The van der Waals surface area contributed by atoms with Gasteiger partial charge in [-0.1, -0.05) is 38.1 Å². The van der Waals surface area contributed by atoms with Gasteiger partial charge in [-0.25, -0.2) is 0 Å². The summed E-state index contributed by atoms with van der Waals surface area (Å²) in [6, 6.07) is 5.97. The van der Waals surface area contributed by atoms with Crippen LogP contribution in [-0.4, -0.2) is 29.9 Å². The lowest BCUT2D eigenvalue weighted by Gasteiger charge is -2.12. The summed E-state index contributed by atoms with van der Waals surface area (Å²) in [6.07, 6.45) is 1.03. The second-order valence-corrected chi connectivity index (χ2v) is 4.36. The van der Waals surface area contributed by atoms with Crippen LogP contribution in [0.3, 0.4) is 0 Å². The summed E-state index contributed by atoms with van der Waals surface area (Å²) < 4.78 is 0. The van der Waals surface area contributed by atoms with E-state index in [9.17, 15) is 9.59 Å². The second-order valence-electron chi connectivity index (χ2n) is 4.36. The van der Waals surface area contributed by atoms with Crippen molar-refractivity contribution in [2.75, 3.05) is 7.05 Å². The van der Waals surface area contributed by atoms with E-state index in [-0.39, 0.29) is 0 Å². The average Bonchev–Trinajstić information content (AvgIpc) is 2.38. The minimum Gasteiger partial charge on any atom is -0.480 e. The Morgan fingerprint density at radius 2 is 1.83 bits per heavy atom. The van der Waals surface area contributed by atoms with Crippen molar-refractivity contribution in [2.24, 2.45) is 0 Å². The summed E-state index contributed by atoms with van der Waals surface area (Å²) in [5, 5.41) is 11.4. The van der Waals surface area contributed by atoms with E-state index < -0.39 is 17.8 Å². The lowest BCUT2D eigenvalue weighted by atomic mass is 9.95. The van der Waals surface area contributed by atoms with Gasteiger partial charge in [0.2, 0.25) is 0 Å². The lowest BCUT2D eigenvalue weighted by molar-refractivity contribution is -0.137. The first kappa shape index (κ1) is 14.4. The molecule has 0 saturated heterocycles. The number of aliphatic carboxylic acids is 1. The molecule has 18 heavy (non-hydrogen) atoms. The van der Waals surface area contributed by atoms with E-state index in [4.69, 9.17) is 5.11 Å². The Bertz CT molecular complexity index is 425. The monoisotopic (exact) mass is 249 g/mol. The number of benzene rings is 1. The van der Waals surface area contributed by atoms with E-state index in [0.29, 0.717) is 11.5 Å². The van der Waals surface area contributed by atoms with Crippen molar-refractivity contribution in [3.8, 4) is 0 Å². The molecular weight excluding hydrogens is 230 g/mol. The molecular formula is C14H19NO3. The fraction of sp³-hybridized carbons (Fsp3) is 0.429. The first-order chi connectivity index (χ1) is 8.51. The highest BCUT2D eigenvalue weighted by atomic mass is 16.4. The molecule has 2 unspecified atom stereocenters. The van der Waals surface area contributed by atoms with Gasteiger partial charge in [0.1, 0.15) is 0 Å². The summed E-state index contributed by atoms with van der Waals surface area (Å²) in [5.74, 6) is -1.14. The maximum absolute atomic E-state index is 11.9. The van der Waals surface area contributed by atoms with E-state index >= 15 is 0 Å². The number of carboxylic acids is 1. The van der Waals surface area contributed by atoms with Crippen LogP contribution in [0.1, 0.15) is 42.1 Å². The van der Waals surface area contributed by atoms with Crippen LogP contribution in [0.5, 0.6) is 0 Å². The SMILES string of the molecule is CCC(C)c1ccc(C(=O)C(NC)C(=O)O)cc1. The van der Waals surface area contributed by atoms with Gasteiger partial charge in [-0.15, -0.1) is 0 Å². The van der Waals surface area contributed by atoms with Gasteiger partial charge < -0.3 is 10.4 Å². The zero-order chi connectivity index (χ0) is 13.7. The van der Waals surface area contributed by atoms with Crippen molar-refractivity contribution in [1.82, 2.24) is 5.32 Å². The van der Waals surface area contributed by atoms with Gasteiger partial charge in [-0.3, -0.25) is 9.59 Å². The highest BCUT2D eigenvalue weighted by Gasteiger charge is 2.25. The van der Waals surface area contributed by atoms with Crippen molar-refractivity contribution in [3.05, 3.63) is 35.4 Å². The molecule has 1 aromatic rings. The van der Waals surface area contributed by atoms with Crippen molar-refractivity contribution < 1.29 is 14.7 Å². The number of carbonyl (C=O) groups is 2. The van der Waals surface area contributed by atoms with Crippen LogP contribution in [0.4, 0.5) is 0 Å². The number of Topliss-reactive ketones (excluding diaryl/α,β-unsaturated/α-hetero) is 1. The second kappa shape index (κ2) is 6.31. The summed E-state index contributed by atoms with van der Waals surface area (Å²) in [6.45, 7) is 4.22. The van der Waals surface area contributed by atoms with Crippen molar-refractivity contribution >= 4 is 11.8 Å². The van der Waals surface area contributed by atoms with E-state index in [0.717, 1.165) is 12.0 Å². The molecule has 98 valence electrons. The molecule has 2 atom stereocenters. The number of carbonyl (C=O) groups excluding carboxylic acids is 1. The summed E-state index contributed by atoms with van der Waals surface area (Å²) in [7, 11) is 1.46. The predicted molar refractivity (Wildman–Crippen MR) is 70.0 cm³/mol. The molecule has 0 bridgehead atoms. The molecule has 1 aromatic carbocycles.